The third kappa shape index (κ3) is 2.70. The van der Waals surface area contributed by atoms with Gasteiger partial charge in [-0.1, -0.05) is 18.2 Å². The normalized spacial score (nSPS) is 10.7. The quantitative estimate of drug-likeness (QED) is 0.804. The summed E-state index contributed by atoms with van der Waals surface area (Å²) in [5.41, 5.74) is 0.271. The average Bonchev–Trinajstić information content (AvgIpc) is 2.58. The SMILES string of the molecule is CNC(=O)c1cc2cccnc2n(Cc2ccccc2F)c1=O. The molecular weight excluding hydrogens is 297 g/mol. The molecule has 0 saturated carbocycles. The van der Waals surface area contributed by atoms with Crippen molar-refractivity contribution in [1.82, 2.24) is 14.9 Å². The molecule has 0 bridgehead atoms. The van der Waals surface area contributed by atoms with Crippen molar-refractivity contribution in [1.29, 1.82) is 0 Å². The van der Waals surface area contributed by atoms with E-state index < -0.39 is 17.3 Å². The molecule has 3 aromatic rings. The molecule has 0 spiro atoms. The van der Waals surface area contributed by atoms with Crippen LogP contribution < -0.4 is 10.9 Å². The molecule has 2 heterocycles. The number of benzene rings is 1. The molecule has 116 valence electrons. The van der Waals surface area contributed by atoms with Crippen molar-refractivity contribution in [2.45, 2.75) is 6.54 Å². The van der Waals surface area contributed by atoms with Crippen molar-refractivity contribution in [2.24, 2.45) is 0 Å². The van der Waals surface area contributed by atoms with Crippen molar-refractivity contribution in [2.75, 3.05) is 7.05 Å². The summed E-state index contributed by atoms with van der Waals surface area (Å²) < 4.78 is 15.2. The number of aromatic nitrogens is 2. The van der Waals surface area contributed by atoms with Gasteiger partial charge in [0.15, 0.2) is 0 Å². The lowest BCUT2D eigenvalue weighted by atomic mass is 10.1. The van der Waals surface area contributed by atoms with Gasteiger partial charge in [0.25, 0.3) is 11.5 Å². The third-order valence-electron chi connectivity index (χ3n) is 3.61. The first-order valence-corrected chi connectivity index (χ1v) is 7.06. The smallest absolute Gasteiger partial charge is 0.265 e. The minimum absolute atomic E-state index is 0.00382. The second-order valence-electron chi connectivity index (χ2n) is 5.04. The number of carbonyl (C=O) groups excluding carboxylic acids is 1. The van der Waals surface area contributed by atoms with Crippen molar-refractivity contribution in [3.05, 3.63) is 76.0 Å². The topological polar surface area (TPSA) is 64.0 Å². The summed E-state index contributed by atoms with van der Waals surface area (Å²) in [6, 6.07) is 11.2. The molecule has 0 fully saturated rings. The number of hydrogen-bond donors (Lipinski definition) is 1. The molecule has 0 saturated heterocycles. The number of fused-ring (bicyclic) bond motifs is 1. The first kappa shape index (κ1) is 14.9. The van der Waals surface area contributed by atoms with E-state index in [2.05, 4.69) is 10.3 Å². The van der Waals surface area contributed by atoms with Crippen molar-refractivity contribution < 1.29 is 9.18 Å². The van der Waals surface area contributed by atoms with E-state index in [1.165, 1.54) is 23.7 Å². The van der Waals surface area contributed by atoms with Crippen LogP contribution in [0.25, 0.3) is 11.0 Å². The lowest BCUT2D eigenvalue weighted by Crippen LogP contribution is -2.32. The van der Waals surface area contributed by atoms with E-state index in [4.69, 9.17) is 0 Å². The average molecular weight is 311 g/mol. The second kappa shape index (κ2) is 6.00. The predicted molar refractivity (Wildman–Crippen MR) is 84.9 cm³/mol. The Bertz CT molecular complexity index is 950. The third-order valence-corrected chi connectivity index (χ3v) is 3.61. The molecule has 0 unspecified atom stereocenters. The molecule has 0 aliphatic carbocycles. The van der Waals surface area contributed by atoms with Gasteiger partial charge in [-0.25, -0.2) is 9.37 Å². The summed E-state index contributed by atoms with van der Waals surface area (Å²) in [7, 11) is 1.45. The highest BCUT2D eigenvalue weighted by atomic mass is 19.1. The van der Waals surface area contributed by atoms with E-state index in [1.807, 2.05) is 0 Å². The summed E-state index contributed by atoms with van der Waals surface area (Å²) >= 11 is 0. The Hall–Kier alpha value is -3.02. The summed E-state index contributed by atoms with van der Waals surface area (Å²) in [5.74, 6) is -0.892. The maximum Gasteiger partial charge on any atom is 0.265 e. The Morgan fingerprint density at radius 1 is 1.26 bits per heavy atom. The van der Waals surface area contributed by atoms with Gasteiger partial charge < -0.3 is 5.32 Å². The first-order chi connectivity index (χ1) is 11.1. The van der Waals surface area contributed by atoms with Crippen LogP contribution in [-0.4, -0.2) is 22.5 Å². The van der Waals surface area contributed by atoms with Crippen LogP contribution in [0.5, 0.6) is 0 Å². The molecule has 0 aliphatic heterocycles. The van der Waals surface area contributed by atoms with E-state index >= 15 is 0 Å². The Morgan fingerprint density at radius 3 is 2.78 bits per heavy atom. The van der Waals surface area contributed by atoms with Crippen molar-refractivity contribution in [3.8, 4) is 0 Å². The number of halogens is 1. The van der Waals surface area contributed by atoms with Gasteiger partial charge in [0.05, 0.1) is 6.54 Å². The Morgan fingerprint density at radius 2 is 2.04 bits per heavy atom. The van der Waals surface area contributed by atoms with Crippen LogP contribution in [0.3, 0.4) is 0 Å². The van der Waals surface area contributed by atoms with Crippen LogP contribution in [0, 0.1) is 5.82 Å². The van der Waals surface area contributed by atoms with Crippen LogP contribution in [0.15, 0.2) is 53.5 Å². The van der Waals surface area contributed by atoms with Gasteiger partial charge in [-0.2, -0.15) is 0 Å². The highest BCUT2D eigenvalue weighted by Gasteiger charge is 2.16. The van der Waals surface area contributed by atoms with Crippen LogP contribution in [0.2, 0.25) is 0 Å². The molecule has 23 heavy (non-hydrogen) atoms. The van der Waals surface area contributed by atoms with Crippen LogP contribution >= 0.6 is 0 Å². The van der Waals surface area contributed by atoms with E-state index in [0.29, 0.717) is 16.6 Å². The van der Waals surface area contributed by atoms with Gasteiger partial charge in [-0.3, -0.25) is 14.2 Å². The Kier molecular flexibility index (Phi) is 3.89. The Labute approximate surface area is 131 Å². The molecule has 2 aromatic heterocycles. The fourth-order valence-electron chi connectivity index (χ4n) is 2.45. The fourth-order valence-corrected chi connectivity index (χ4v) is 2.45. The first-order valence-electron chi connectivity index (χ1n) is 7.06. The maximum atomic E-state index is 13.9. The van der Waals surface area contributed by atoms with Crippen LogP contribution in [-0.2, 0) is 6.54 Å². The number of amides is 1. The van der Waals surface area contributed by atoms with Gasteiger partial charge in [-0.05, 0) is 24.3 Å². The standard InChI is InChI=1S/C17H14FN3O2/c1-19-16(22)13-9-11-6-4-8-20-15(11)21(17(13)23)10-12-5-2-3-7-14(12)18/h2-9H,10H2,1H3,(H,19,22). The number of carbonyl (C=O) groups is 1. The van der Waals surface area contributed by atoms with E-state index in [9.17, 15) is 14.0 Å². The van der Waals surface area contributed by atoms with Crippen LogP contribution in [0.1, 0.15) is 15.9 Å². The highest BCUT2D eigenvalue weighted by molar-refractivity contribution is 5.96. The number of nitrogens with zero attached hydrogens (tertiary/aromatic N) is 2. The van der Waals surface area contributed by atoms with E-state index in [1.54, 1.807) is 36.5 Å². The minimum atomic E-state index is -0.501. The Balaban J connectivity index is 2.25. The number of pyridine rings is 2. The second-order valence-corrected chi connectivity index (χ2v) is 5.04. The molecular formula is C17H14FN3O2. The summed E-state index contributed by atoms with van der Waals surface area (Å²) in [6.07, 6.45) is 1.55. The molecule has 0 aliphatic rings. The van der Waals surface area contributed by atoms with Crippen LogP contribution in [0.4, 0.5) is 4.39 Å². The molecule has 0 atom stereocenters. The van der Waals surface area contributed by atoms with Gasteiger partial charge in [0, 0.05) is 24.2 Å². The molecule has 3 rings (SSSR count). The van der Waals surface area contributed by atoms with Gasteiger partial charge in [0.1, 0.15) is 17.0 Å². The summed E-state index contributed by atoms with van der Waals surface area (Å²) in [6.45, 7) is 0.00382. The molecule has 1 N–H and O–H groups in total. The van der Waals surface area contributed by atoms with Gasteiger partial charge in [0.2, 0.25) is 0 Å². The fraction of sp³-hybridized carbons (Fsp3) is 0.118. The lowest BCUT2D eigenvalue weighted by molar-refractivity contribution is 0.0961. The van der Waals surface area contributed by atoms with E-state index in [0.717, 1.165) is 0 Å². The van der Waals surface area contributed by atoms with Crippen molar-refractivity contribution in [3.63, 3.8) is 0 Å². The minimum Gasteiger partial charge on any atom is -0.355 e. The van der Waals surface area contributed by atoms with Gasteiger partial charge >= 0.3 is 0 Å². The van der Waals surface area contributed by atoms with Crippen molar-refractivity contribution >= 4 is 16.9 Å². The predicted octanol–water partition coefficient (Wildman–Crippen LogP) is 1.94. The molecule has 1 amide bonds. The number of nitrogens with one attached hydrogen (secondary N) is 1. The lowest BCUT2D eigenvalue weighted by Gasteiger charge is -2.12. The number of rotatable bonds is 3. The monoisotopic (exact) mass is 311 g/mol. The summed E-state index contributed by atoms with van der Waals surface area (Å²) in [5, 5.41) is 3.08. The summed E-state index contributed by atoms with van der Waals surface area (Å²) in [4.78, 5) is 28.8. The molecule has 1 aromatic carbocycles. The van der Waals surface area contributed by atoms with E-state index in [-0.39, 0.29) is 12.1 Å². The number of hydrogen-bond acceptors (Lipinski definition) is 3. The molecule has 5 nitrogen and oxygen atoms in total. The molecule has 6 heteroatoms. The maximum absolute atomic E-state index is 13.9. The molecule has 0 radical (unpaired) electrons. The van der Waals surface area contributed by atoms with Gasteiger partial charge in [-0.15, -0.1) is 0 Å². The largest absolute Gasteiger partial charge is 0.355 e. The zero-order valence-electron chi connectivity index (χ0n) is 12.4. The zero-order valence-corrected chi connectivity index (χ0v) is 12.4. The zero-order chi connectivity index (χ0) is 16.4. The highest BCUT2D eigenvalue weighted by Crippen LogP contribution is 2.14.